The summed E-state index contributed by atoms with van der Waals surface area (Å²) in [5.41, 5.74) is 6.46. The maximum Gasteiger partial charge on any atom is 0.0919 e. The maximum atomic E-state index is 5.65. The van der Waals surface area contributed by atoms with Crippen LogP contribution in [0.3, 0.4) is 0 Å². The lowest BCUT2D eigenvalue weighted by molar-refractivity contribution is 0.655. The Kier molecular flexibility index (Phi) is 2.51. The molecule has 2 N–H and O–H groups in total. The first kappa shape index (κ1) is 7.99. The summed E-state index contributed by atoms with van der Waals surface area (Å²) in [5, 5.41) is 0. The Hall–Kier alpha value is -0.0100. The molecule has 2 heteroatoms. The predicted octanol–water partition coefficient (Wildman–Crippen LogP) is 1.87. The summed E-state index contributed by atoms with van der Waals surface area (Å²) in [6.07, 6.45) is 0.675. The van der Waals surface area contributed by atoms with Crippen molar-refractivity contribution in [1.82, 2.24) is 0 Å². The van der Waals surface area contributed by atoms with Crippen LogP contribution in [-0.2, 0) is 0 Å². The van der Waals surface area contributed by atoms with Gasteiger partial charge in [-0.15, -0.1) is 18.2 Å². The topological polar surface area (TPSA) is 26.0 Å². The van der Waals surface area contributed by atoms with Crippen molar-refractivity contribution in [2.45, 2.75) is 25.3 Å². The standard InChI is InChI=1S/C6H12ClN/c1-5(2)4-6(3,7)8/h1,4,8H2,2-3H3. The first-order chi connectivity index (χ1) is 3.42. The first-order valence-corrected chi connectivity index (χ1v) is 2.92. The van der Waals surface area contributed by atoms with Crippen molar-refractivity contribution in [2.24, 2.45) is 5.73 Å². The van der Waals surface area contributed by atoms with E-state index in [1.54, 1.807) is 6.92 Å². The van der Waals surface area contributed by atoms with Crippen molar-refractivity contribution in [2.75, 3.05) is 0 Å². The third-order valence-electron chi connectivity index (χ3n) is 0.647. The van der Waals surface area contributed by atoms with Gasteiger partial charge in [-0.2, -0.15) is 0 Å². The van der Waals surface area contributed by atoms with E-state index < -0.39 is 5.00 Å². The molecule has 1 atom stereocenters. The van der Waals surface area contributed by atoms with Gasteiger partial charge in [-0.05, 0) is 20.3 Å². The zero-order chi connectivity index (χ0) is 6.78. The Morgan fingerprint density at radius 3 is 2.25 bits per heavy atom. The van der Waals surface area contributed by atoms with E-state index in [2.05, 4.69) is 6.58 Å². The first-order valence-electron chi connectivity index (χ1n) is 2.54. The molecule has 0 fully saturated rings. The van der Waals surface area contributed by atoms with E-state index in [1.165, 1.54) is 0 Å². The van der Waals surface area contributed by atoms with Crippen molar-refractivity contribution in [3.8, 4) is 0 Å². The van der Waals surface area contributed by atoms with Gasteiger partial charge in [0.2, 0.25) is 0 Å². The monoisotopic (exact) mass is 133 g/mol. The number of alkyl halides is 1. The summed E-state index contributed by atoms with van der Waals surface area (Å²) in [7, 11) is 0. The molecular formula is C6H12ClN. The van der Waals surface area contributed by atoms with E-state index in [0.717, 1.165) is 5.57 Å². The van der Waals surface area contributed by atoms with E-state index in [1.807, 2.05) is 6.92 Å². The Morgan fingerprint density at radius 2 is 2.25 bits per heavy atom. The van der Waals surface area contributed by atoms with E-state index in [0.29, 0.717) is 6.42 Å². The highest BCUT2D eigenvalue weighted by molar-refractivity contribution is 6.23. The van der Waals surface area contributed by atoms with Crippen molar-refractivity contribution in [3.63, 3.8) is 0 Å². The molecule has 0 aromatic heterocycles. The van der Waals surface area contributed by atoms with Crippen molar-refractivity contribution in [3.05, 3.63) is 12.2 Å². The molecule has 0 aromatic carbocycles. The number of halogens is 1. The molecule has 0 aliphatic heterocycles. The SMILES string of the molecule is C=C(C)CC(C)(N)Cl. The number of rotatable bonds is 2. The highest BCUT2D eigenvalue weighted by Crippen LogP contribution is 2.15. The lowest BCUT2D eigenvalue weighted by Crippen LogP contribution is -2.28. The van der Waals surface area contributed by atoms with E-state index in [9.17, 15) is 0 Å². The number of nitrogens with two attached hydrogens (primary N) is 1. The molecule has 0 bridgehead atoms. The van der Waals surface area contributed by atoms with Crippen LogP contribution in [0.5, 0.6) is 0 Å². The predicted molar refractivity (Wildman–Crippen MR) is 37.9 cm³/mol. The normalized spacial score (nSPS) is 17.5. The van der Waals surface area contributed by atoms with Crippen molar-refractivity contribution in [1.29, 1.82) is 0 Å². The third kappa shape index (κ3) is 5.99. The van der Waals surface area contributed by atoms with Crippen LogP contribution in [0.1, 0.15) is 20.3 Å². The van der Waals surface area contributed by atoms with Crippen LogP contribution in [0.25, 0.3) is 0 Å². The van der Waals surface area contributed by atoms with Gasteiger partial charge in [0.1, 0.15) is 0 Å². The molecule has 0 heterocycles. The average Bonchev–Trinajstić information content (AvgIpc) is 1.21. The van der Waals surface area contributed by atoms with Gasteiger partial charge in [0.25, 0.3) is 0 Å². The van der Waals surface area contributed by atoms with Gasteiger partial charge in [-0.25, -0.2) is 0 Å². The van der Waals surface area contributed by atoms with Crippen LogP contribution in [0, 0.1) is 0 Å². The van der Waals surface area contributed by atoms with Crippen molar-refractivity contribution < 1.29 is 0 Å². The number of hydrogen-bond acceptors (Lipinski definition) is 1. The molecule has 1 nitrogen and oxygen atoms in total. The molecule has 1 unspecified atom stereocenters. The molecule has 0 rings (SSSR count). The highest BCUT2D eigenvalue weighted by atomic mass is 35.5. The van der Waals surface area contributed by atoms with Gasteiger partial charge in [0.05, 0.1) is 5.00 Å². The minimum Gasteiger partial charge on any atom is -0.313 e. The van der Waals surface area contributed by atoms with E-state index in [-0.39, 0.29) is 0 Å². The van der Waals surface area contributed by atoms with Crippen LogP contribution in [0.4, 0.5) is 0 Å². The summed E-state index contributed by atoms with van der Waals surface area (Å²) < 4.78 is 0. The van der Waals surface area contributed by atoms with Gasteiger partial charge in [-0.3, -0.25) is 0 Å². The molecular weight excluding hydrogens is 122 g/mol. The van der Waals surface area contributed by atoms with Crippen LogP contribution in [-0.4, -0.2) is 5.00 Å². The molecule has 0 aliphatic carbocycles. The maximum absolute atomic E-state index is 5.65. The Balaban J connectivity index is 3.55. The molecule has 0 radical (unpaired) electrons. The van der Waals surface area contributed by atoms with Gasteiger partial charge in [0.15, 0.2) is 0 Å². The molecule has 0 spiro atoms. The molecule has 0 aliphatic rings. The Labute approximate surface area is 55.5 Å². The van der Waals surface area contributed by atoms with Gasteiger partial charge < -0.3 is 5.73 Å². The zero-order valence-electron chi connectivity index (χ0n) is 5.37. The zero-order valence-corrected chi connectivity index (χ0v) is 6.13. The lowest BCUT2D eigenvalue weighted by atomic mass is 10.1. The van der Waals surface area contributed by atoms with Crippen LogP contribution in [0.15, 0.2) is 12.2 Å². The Bertz CT molecular complexity index is 91.2. The van der Waals surface area contributed by atoms with Gasteiger partial charge in [0, 0.05) is 0 Å². The third-order valence-corrected chi connectivity index (χ3v) is 0.781. The lowest BCUT2D eigenvalue weighted by Gasteiger charge is -2.14. The second-order valence-electron chi connectivity index (χ2n) is 2.41. The molecule has 8 heavy (non-hydrogen) atoms. The minimum atomic E-state index is -0.605. The van der Waals surface area contributed by atoms with Crippen LogP contribution >= 0.6 is 11.6 Å². The second kappa shape index (κ2) is 2.51. The quantitative estimate of drug-likeness (QED) is 0.347. The largest absolute Gasteiger partial charge is 0.313 e. The molecule has 0 saturated heterocycles. The summed E-state index contributed by atoms with van der Waals surface area (Å²) >= 11 is 5.65. The fraction of sp³-hybridized carbons (Fsp3) is 0.667. The van der Waals surface area contributed by atoms with E-state index >= 15 is 0 Å². The molecule has 0 amide bonds. The summed E-state index contributed by atoms with van der Waals surface area (Å²) in [6.45, 7) is 7.35. The molecule has 0 aromatic rings. The highest BCUT2D eigenvalue weighted by Gasteiger charge is 2.12. The molecule has 0 saturated carbocycles. The van der Waals surface area contributed by atoms with Gasteiger partial charge in [-0.1, -0.05) is 5.57 Å². The summed E-state index contributed by atoms with van der Waals surface area (Å²) in [6, 6.07) is 0. The van der Waals surface area contributed by atoms with Gasteiger partial charge >= 0.3 is 0 Å². The summed E-state index contributed by atoms with van der Waals surface area (Å²) in [5.74, 6) is 0. The minimum absolute atomic E-state index is 0.605. The van der Waals surface area contributed by atoms with Crippen molar-refractivity contribution >= 4 is 11.6 Å². The van der Waals surface area contributed by atoms with Crippen LogP contribution in [0.2, 0.25) is 0 Å². The van der Waals surface area contributed by atoms with Crippen LogP contribution < -0.4 is 5.73 Å². The Morgan fingerprint density at radius 1 is 1.88 bits per heavy atom. The summed E-state index contributed by atoms with van der Waals surface area (Å²) in [4.78, 5) is -0.605. The fourth-order valence-corrected chi connectivity index (χ4v) is 0.818. The molecule has 48 valence electrons. The second-order valence-corrected chi connectivity index (χ2v) is 3.28. The smallest absolute Gasteiger partial charge is 0.0919 e. The van der Waals surface area contributed by atoms with E-state index in [4.69, 9.17) is 17.3 Å². The average molecular weight is 134 g/mol. The fourth-order valence-electron chi connectivity index (χ4n) is 0.590. The number of hydrogen-bond donors (Lipinski definition) is 1.